The Morgan fingerprint density at radius 3 is 2.47 bits per heavy atom. The number of carbonyl (C=O) groups is 1. The van der Waals surface area contributed by atoms with Gasteiger partial charge in [-0.15, -0.1) is 0 Å². The number of benzene rings is 1. The molecule has 0 N–H and O–H groups in total. The number of pyridine rings is 2. The zero-order valence-electron chi connectivity index (χ0n) is 19.0. The van der Waals surface area contributed by atoms with Gasteiger partial charge in [0.05, 0.1) is 35.8 Å². The zero-order valence-corrected chi connectivity index (χ0v) is 19.0. The molecular formula is C25H30N4O3. The van der Waals surface area contributed by atoms with Crippen LogP contribution in [0.3, 0.4) is 0 Å². The van der Waals surface area contributed by atoms with Crippen molar-refractivity contribution in [1.29, 1.82) is 0 Å². The summed E-state index contributed by atoms with van der Waals surface area (Å²) < 4.78 is 6.85. The molecule has 1 aromatic carbocycles. The van der Waals surface area contributed by atoms with Gasteiger partial charge in [0, 0.05) is 32.4 Å². The summed E-state index contributed by atoms with van der Waals surface area (Å²) in [6.45, 7) is 8.68. The van der Waals surface area contributed by atoms with Crippen molar-refractivity contribution < 1.29 is 9.53 Å². The molecule has 3 heterocycles. The van der Waals surface area contributed by atoms with Gasteiger partial charge in [0.1, 0.15) is 5.75 Å². The minimum atomic E-state index is -0.146. The summed E-state index contributed by atoms with van der Waals surface area (Å²) in [6.07, 6.45) is 2.88. The molecule has 0 bridgehead atoms. The summed E-state index contributed by atoms with van der Waals surface area (Å²) in [4.78, 5) is 35.3. The highest BCUT2D eigenvalue weighted by Crippen LogP contribution is 2.18. The molecule has 7 nitrogen and oxygen atoms in total. The predicted molar refractivity (Wildman–Crippen MR) is 125 cm³/mol. The lowest BCUT2D eigenvalue weighted by Gasteiger charge is -2.34. The molecule has 1 amide bonds. The topological polar surface area (TPSA) is 67.7 Å². The Morgan fingerprint density at radius 2 is 1.81 bits per heavy atom. The minimum absolute atomic E-state index is 0.0435. The van der Waals surface area contributed by atoms with E-state index < -0.39 is 0 Å². The van der Waals surface area contributed by atoms with Crippen molar-refractivity contribution in [2.24, 2.45) is 0 Å². The highest BCUT2D eigenvalue weighted by Gasteiger charge is 2.24. The van der Waals surface area contributed by atoms with Crippen molar-refractivity contribution >= 4 is 16.8 Å². The highest BCUT2D eigenvalue weighted by molar-refractivity contribution is 5.98. The smallest absolute Gasteiger partial charge is 0.260 e. The maximum Gasteiger partial charge on any atom is 0.260 e. The molecule has 0 radical (unpaired) electrons. The van der Waals surface area contributed by atoms with E-state index in [2.05, 4.69) is 16.8 Å². The van der Waals surface area contributed by atoms with Crippen molar-refractivity contribution in [3.8, 4) is 5.75 Å². The molecule has 7 heteroatoms. The average Bonchev–Trinajstić information content (AvgIpc) is 2.81. The lowest BCUT2D eigenvalue weighted by Crippen LogP contribution is -2.48. The molecule has 4 rings (SSSR count). The Labute approximate surface area is 188 Å². The van der Waals surface area contributed by atoms with Crippen LogP contribution in [0, 0.1) is 6.92 Å². The van der Waals surface area contributed by atoms with E-state index in [9.17, 15) is 9.59 Å². The van der Waals surface area contributed by atoms with E-state index in [0.717, 1.165) is 37.4 Å². The van der Waals surface area contributed by atoms with E-state index in [1.807, 2.05) is 42.2 Å². The first-order valence-corrected chi connectivity index (χ1v) is 11.2. The Balaban J connectivity index is 1.60. The van der Waals surface area contributed by atoms with Gasteiger partial charge in [0.2, 0.25) is 0 Å². The van der Waals surface area contributed by atoms with Gasteiger partial charge in [-0.1, -0.05) is 19.1 Å². The first-order valence-electron chi connectivity index (χ1n) is 11.2. The standard InChI is InChI=1S/C25H30N4O3/c1-4-10-27-12-14-28(15-13-27)24(30)21-16-22-23(26-18(21)2)9-11-29(25(22)31)17-19-5-7-20(32-3)8-6-19/h5-9,11,16H,4,10,12-15,17H2,1-3H3. The van der Waals surface area contributed by atoms with E-state index in [1.54, 1.807) is 23.9 Å². The van der Waals surface area contributed by atoms with Gasteiger partial charge in [0.15, 0.2) is 0 Å². The molecule has 1 aliphatic rings. The van der Waals surface area contributed by atoms with E-state index in [1.165, 1.54) is 0 Å². The maximum absolute atomic E-state index is 13.2. The lowest BCUT2D eigenvalue weighted by atomic mass is 10.1. The first kappa shape index (κ1) is 22.0. The zero-order chi connectivity index (χ0) is 22.7. The molecule has 0 spiro atoms. The number of methoxy groups -OCH3 is 1. The third-order valence-electron chi connectivity index (χ3n) is 6.09. The molecule has 1 saturated heterocycles. The number of carbonyl (C=O) groups excluding carboxylic acids is 1. The molecule has 0 aliphatic carbocycles. The summed E-state index contributed by atoms with van der Waals surface area (Å²) >= 11 is 0. The van der Waals surface area contributed by atoms with Crippen LogP contribution < -0.4 is 10.3 Å². The molecule has 0 unspecified atom stereocenters. The minimum Gasteiger partial charge on any atom is -0.497 e. The van der Waals surface area contributed by atoms with Crippen LogP contribution in [0.2, 0.25) is 0 Å². The van der Waals surface area contributed by atoms with Crippen molar-refractivity contribution in [2.45, 2.75) is 26.8 Å². The van der Waals surface area contributed by atoms with E-state index in [0.29, 0.717) is 41.8 Å². The molecular weight excluding hydrogens is 404 g/mol. The van der Waals surface area contributed by atoms with Crippen LogP contribution in [0.15, 0.2) is 47.4 Å². The Bertz CT molecular complexity index is 1160. The van der Waals surface area contributed by atoms with E-state index in [4.69, 9.17) is 4.74 Å². The van der Waals surface area contributed by atoms with Crippen LogP contribution >= 0.6 is 0 Å². The number of ether oxygens (including phenoxy) is 1. The number of aromatic nitrogens is 2. The van der Waals surface area contributed by atoms with Crippen LogP contribution in [0.25, 0.3) is 10.9 Å². The van der Waals surface area contributed by atoms with Gasteiger partial charge in [-0.05, 0) is 49.7 Å². The van der Waals surface area contributed by atoms with Crippen LogP contribution in [-0.2, 0) is 6.54 Å². The van der Waals surface area contributed by atoms with Gasteiger partial charge in [-0.25, -0.2) is 0 Å². The van der Waals surface area contributed by atoms with Crippen molar-refractivity contribution in [3.63, 3.8) is 0 Å². The average molecular weight is 435 g/mol. The summed E-state index contributed by atoms with van der Waals surface area (Å²) in [5, 5.41) is 0.472. The summed E-state index contributed by atoms with van der Waals surface area (Å²) in [6, 6.07) is 11.2. The largest absolute Gasteiger partial charge is 0.497 e. The van der Waals surface area contributed by atoms with Crippen molar-refractivity contribution in [2.75, 3.05) is 39.8 Å². The van der Waals surface area contributed by atoms with Crippen LogP contribution in [0.5, 0.6) is 5.75 Å². The number of fused-ring (bicyclic) bond motifs is 1. The molecule has 2 aromatic heterocycles. The van der Waals surface area contributed by atoms with Crippen molar-refractivity contribution in [3.05, 3.63) is 69.8 Å². The molecule has 1 aliphatic heterocycles. The number of amides is 1. The van der Waals surface area contributed by atoms with Crippen molar-refractivity contribution in [1.82, 2.24) is 19.4 Å². The SMILES string of the molecule is CCCN1CCN(C(=O)c2cc3c(=O)n(Cc4ccc(OC)cc4)ccc3nc2C)CC1. The molecule has 0 atom stereocenters. The number of piperazine rings is 1. The van der Waals surface area contributed by atoms with Gasteiger partial charge in [-0.3, -0.25) is 19.5 Å². The fourth-order valence-electron chi connectivity index (χ4n) is 4.23. The quantitative estimate of drug-likeness (QED) is 0.597. The van der Waals surface area contributed by atoms with Crippen LogP contribution in [0.1, 0.15) is 35.0 Å². The Hall–Kier alpha value is -3.19. The number of rotatable bonds is 6. The van der Waals surface area contributed by atoms with Gasteiger partial charge >= 0.3 is 0 Å². The summed E-state index contributed by atoms with van der Waals surface area (Å²) in [5.74, 6) is 0.732. The third-order valence-corrected chi connectivity index (χ3v) is 6.09. The number of aryl methyl sites for hydroxylation is 1. The third kappa shape index (κ3) is 4.53. The highest BCUT2D eigenvalue weighted by atomic mass is 16.5. The second-order valence-corrected chi connectivity index (χ2v) is 8.28. The normalized spacial score (nSPS) is 14.7. The van der Waals surface area contributed by atoms with Gasteiger partial charge < -0.3 is 14.2 Å². The molecule has 168 valence electrons. The lowest BCUT2D eigenvalue weighted by molar-refractivity contribution is 0.0636. The second kappa shape index (κ2) is 9.53. The summed E-state index contributed by atoms with van der Waals surface area (Å²) in [5.41, 5.74) is 2.63. The molecule has 1 fully saturated rings. The van der Waals surface area contributed by atoms with Crippen LogP contribution in [0.4, 0.5) is 0 Å². The Morgan fingerprint density at radius 1 is 1.09 bits per heavy atom. The predicted octanol–water partition coefficient (Wildman–Crippen LogP) is 2.93. The number of hydrogen-bond acceptors (Lipinski definition) is 5. The second-order valence-electron chi connectivity index (χ2n) is 8.28. The molecule has 3 aromatic rings. The Kier molecular flexibility index (Phi) is 6.55. The van der Waals surface area contributed by atoms with Gasteiger partial charge in [-0.2, -0.15) is 0 Å². The molecule has 0 saturated carbocycles. The monoisotopic (exact) mass is 434 g/mol. The number of hydrogen-bond donors (Lipinski definition) is 0. The summed E-state index contributed by atoms with van der Waals surface area (Å²) in [7, 11) is 1.63. The van der Waals surface area contributed by atoms with Gasteiger partial charge in [0.25, 0.3) is 11.5 Å². The fraction of sp³-hybridized carbons (Fsp3) is 0.400. The number of nitrogens with zero attached hydrogens (tertiary/aromatic N) is 4. The molecule has 32 heavy (non-hydrogen) atoms. The van der Waals surface area contributed by atoms with E-state index in [-0.39, 0.29) is 11.5 Å². The van der Waals surface area contributed by atoms with E-state index >= 15 is 0 Å². The van der Waals surface area contributed by atoms with Crippen LogP contribution in [-0.4, -0.2) is 65.1 Å². The first-order chi connectivity index (χ1) is 15.5. The fourth-order valence-corrected chi connectivity index (χ4v) is 4.23. The maximum atomic E-state index is 13.2.